The maximum absolute atomic E-state index is 6.47. The molecule has 0 aliphatic heterocycles. The van der Waals surface area contributed by atoms with Crippen LogP contribution in [0.2, 0.25) is 0 Å². The lowest BCUT2D eigenvalue weighted by atomic mass is 9.85. The van der Waals surface area contributed by atoms with Gasteiger partial charge < -0.3 is 9.15 Å². The highest BCUT2D eigenvalue weighted by atomic mass is 16.5. The van der Waals surface area contributed by atoms with Crippen LogP contribution in [-0.2, 0) is 0 Å². The minimum Gasteiger partial charge on any atom is -0.457 e. The third kappa shape index (κ3) is 4.87. The van der Waals surface area contributed by atoms with E-state index in [1.165, 1.54) is 22.3 Å². The van der Waals surface area contributed by atoms with Crippen LogP contribution in [-0.4, -0.2) is 9.97 Å². The fourth-order valence-electron chi connectivity index (χ4n) is 6.62. The van der Waals surface area contributed by atoms with Gasteiger partial charge in [-0.15, -0.1) is 0 Å². The standard InChI is InChI=1S/C42H34N2O2/c1-25(2)33-12-8-13-34(26(3)4)40(33)29-19-20-43-38(23-29)28-9-7-10-31(21-28)45-32-18-17-27-15-16-30-22-37-35-11-5-6-14-39(35)46-42(37)44-41(30)36(27)24-32/h5-26H,1-4H3. The van der Waals surface area contributed by atoms with E-state index in [-0.39, 0.29) is 0 Å². The lowest BCUT2D eigenvalue weighted by Crippen LogP contribution is -2.00. The zero-order chi connectivity index (χ0) is 31.4. The van der Waals surface area contributed by atoms with E-state index < -0.39 is 0 Å². The number of aromatic nitrogens is 2. The zero-order valence-corrected chi connectivity index (χ0v) is 26.4. The van der Waals surface area contributed by atoms with Crippen LogP contribution in [0.1, 0.15) is 50.7 Å². The second-order valence-corrected chi connectivity index (χ2v) is 12.6. The summed E-state index contributed by atoms with van der Waals surface area (Å²) in [5, 5.41) is 5.29. The second kappa shape index (κ2) is 11.1. The van der Waals surface area contributed by atoms with Crippen LogP contribution >= 0.6 is 0 Å². The van der Waals surface area contributed by atoms with Crippen LogP contribution in [0, 0.1) is 0 Å². The van der Waals surface area contributed by atoms with Gasteiger partial charge >= 0.3 is 0 Å². The largest absolute Gasteiger partial charge is 0.457 e. The zero-order valence-electron chi connectivity index (χ0n) is 26.4. The smallest absolute Gasteiger partial charge is 0.227 e. The molecule has 0 N–H and O–H groups in total. The molecule has 0 saturated heterocycles. The van der Waals surface area contributed by atoms with Crippen molar-refractivity contribution >= 4 is 43.7 Å². The summed E-state index contributed by atoms with van der Waals surface area (Å²) < 4.78 is 12.6. The molecule has 0 amide bonds. The van der Waals surface area contributed by atoms with Gasteiger partial charge in [-0.25, -0.2) is 4.98 Å². The Hall–Kier alpha value is -5.48. The fraction of sp³-hybridized carbons (Fsp3) is 0.143. The number of fused-ring (bicyclic) bond motifs is 6. The average molecular weight is 599 g/mol. The third-order valence-electron chi connectivity index (χ3n) is 8.91. The summed E-state index contributed by atoms with van der Waals surface area (Å²) in [5.41, 5.74) is 9.54. The first-order chi connectivity index (χ1) is 22.4. The van der Waals surface area contributed by atoms with Crippen LogP contribution in [0.4, 0.5) is 0 Å². The summed E-state index contributed by atoms with van der Waals surface area (Å²) >= 11 is 0. The van der Waals surface area contributed by atoms with E-state index in [4.69, 9.17) is 19.1 Å². The summed E-state index contributed by atoms with van der Waals surface area (Å²) in [5.74, 6) is 2.34. The molecule has 3 aromatic heterocycles. The van der Waals surface area contributed by atoms with Crippen molar-refractivity contribution in [3.63, 3.8) is 0 Å². The Bertz CT molecular complexity index is 2390. The van der Waals surface area contributed by atoms with E-state index in [1.807, 2.05) is 42.6 Å². The van der Waals surface area contributed by atoms with Gasteiger partial charge in [0.25, 0.3) is 0 Å². The van der Waals surface area contributed by atoms with Crippen molar-refractivity contribution in [3.8, 4) is 33.9 Å². The highest BCUT2D eigenvalue weighted by Gasteiger charge is 2.17. The molecule has 0 unspecified atom stereocenters. The highest BCUT2D eigenvalue weighted by molar-refractivity contribution is 6.13. The molecule has 3 heterocycles. The monoisotopic (exact) mass is 598 g/mol. The molecule has 5 aromatic carbocycles. The molecular formula is C42H34N2O2. The van der Waals surface area contributed by atoms with Gasteiger partial charge in [0.1, 0.15) is 17.1 Å². The molecule has 0 aliphatic rings. The topological polar surface area (TPSA) is 48.2 Å². The lowest BCUT2D eigenvalue weighted by Gasteiger charge is -2.20. The molecule has 8 rings (SSSR count). The Morgan fingerprint density at radius 3 is 2.15 bits per heavy atom. The van der Waals surface area contributed by atoms with E-state index in [0.29, 0.717) is 17.5 Å². The van der Waals surface area contributed by atoms with Crippen LogP contribution in [0.15, 0.2) is 126 Å². The maximum Gasteiger partial charge on any atom is 0.227 e. The van der Waals surface area contributed by atoms with Gasteiger partial charge in [0.15, 0.2) is 0 Å². The normalized spacial score (nSPS) is 11.9. The van der Waals surface area contributed by atoms with E-state index in [0.717, 1.165) is 60.8 Å². The number of hydrogen-bond donors (Lipinski definition) is 0. The number of furan rings is 1. The van der Waals surface area contributed by atoms with Crippen molar-refractivity contribution in [2.75, 3.05) is 0 Å². The Morgan fingerprint density at radius 1 is 0.587 bits per heavy atom. The van der Waals surface area contributed by atoms with E-state index in [9.17, 15) is 0 Å². The average Bonchev–Trinajstić information content (AvgIpc) is 3.44. The Morgan fingerprint density at radius 2 is 1.33 bits per heavy atom. The number of hydrogen-bond acceptors (Lipinski definition) is 4. The predicted octanol–water partition coefficient (Wildman–Crippen LogP) is 12.1. The summed E-state index contributed by atoms with van der Waals surface area (Å²) in [7, 11) is 0. The first kappa shape index (κ1) is 28.0. The molecule has 46 heavy (non-hydrogen) atoms. The van der Waals surface area contributed by atoms with Gasteiger partial charge in [0.2, 0.25) is 5.71 Å². The van der Waals surface area contributed by atoms with Crippen molar-refractivity contribution in [2.24, 2.45) is 0 Å². The molecule has 0 saturated carbocycles. The second-order valence-electron chi connectivity index (χ2n) is 12.6. The number of rotatable bonds is 6. The number of benzene rings is 5. The van der Waals surface area contributed by atoms with E-state index in [1.54, 1.807) is 0 Å². The van der Waals surface area contributed by atoms with E-state index >= 15 is 0 Å². The van der Waals surface area contributed by atoms with Gasteiger partial charge in [0.05, 0.1) is 11.2 Å². The van der Waals surface area contributed by atoms with Gasteiger partial charge in [-0.1, -0.05) is 94.4 Å². The van der Waals surface area contributed by atoms with Crippen LogP contribution in [0.25, 0.3) is 66.1 Å². The van der Waals surface area contributed by atoms with Gasteiger partial charge in [-0.2, -0.15) is 0 Å². The van der Waals surface area contributed by atoms with Gasteiger partial charge in [0, 0.05) is 33.3 Å². The predicted molar refractivity (Wildman–Crippen MR) is 190 cm³/mol. The molecule has 0 fully saturated rings. The minimum absolute atomic E-state index is 0.418. The van der Waals surface area contributed by atoms with Crippen LogP contribution in [0.3, 0.4) is 0 Å². The quantitative estimate of drug-likeness (QED) is 0.179. The Labute approximate surface area is 268 Å². The van der Waals surface area contributed by atoms with Crippen LogP contribution in [0.5, 0.6) is 11.5 Å². The molecule has 0 aliphatic carbocycles. The first-order valence-corrected chi connectivity index (χ1v) is 16.0. The molecule has 0 radical (unpaired) electrons. The number of pyridine rings is 2. The first-order valence-electron chi connectivity index (χ1n) is 16.0. The Balaban J connectivity index is 1.16. The fourth-order valence-corrected chi connectivity index (χ4v) is 6.62. The lowest BCUT2D eigenvalue weighted by molar-refractivity contribution is 0.483. The molecule has 4 nitrogen and oxygen atoms in total. The number of ether oxygens (including phenoxy) is 1. The van der Waals surface area contributed by atoms with Gasteiger partial charge in [-0.3, -0.25) is 4.98 Å². The summed E-state index contributed by atoms with van der Waals surface area (Å²) in [6, 6.07) is 39.9. The summed E-state index contributed by atoms with van der Waals surface area (Å²) in [6.45, 7) is 9.04. The molecular weight excluding hydrogens is 564 g/mol. The number of nitrogens with zero attached hydrogens (tertiary/aromatic N) is 2. The molecule has 4 heteroatoms. The minimum atomic E-state index is 0.418. The number of para-hydroxylation sites is 1. The van der Waals surface area contributed by atoms with Crippen molar-refractivity contribution in [1.29, 1.82) is 0 Å². The molecule has 224 valence electrons. The highest BCUT2D eigenvalue weighted by Crippen LogP contribution is 2.38. The van der Waals surface area contributed by atoms with Crippen molar-refractivity contribution in [3.05, 3.63) is 133 Å². The molecule has 0 spiro atoms. The Kier molecular flexibility index (Phi) is 6.79. The SMILES string of the molecule is CC(C)c1cccc(C(C)C)c1-c1ccnc(-c2cccc(Oc3ccc4ccc5cc6c(nc5c4c3)oc3ccccc36)c2)c1. The van der Waals surface area contributed by atoms with Crippen LogP contribution < -0.4 is 4.74 Å². The van der Waals surface area contributed by atoms with Crippen molar-refractivity contribution < 1.29 is 9.15 Å². The molecule has 0 bridgehead atoms. The maximum atomic E-state index is 6.47. The summed E-state index contributed by atoms with van der Waals surface area (Å²) in [6.07, 6.45) is 1.92. The summed E-state index contributed by atoms with van der Waals surface area (Å²) in [4.78, 5) is 9.76. The molecule has 8 aromatic rings. The molecule has 0 atom stereocenters. The van der Waals surface area contributed by atoms with Gasteiger partial charge in [-0.05, 0) is 88.0 Å². The third-order valence-corrected chi connectivity index (χ3v) is 8.91. The van der Waals surface area contributed by atoms with E-state index in [2.05, 4.69) is 107 Å². The van der Waals surface area contributed by atoms with Crippen molar-refractivity contribution in [1.82, 2.24) is 9.97 Å². The van der Waals surface area contributed by atoms with Crippen molar-refractivity contribution in [2.45, 2.75) is 39.5 Å².